The maximum absolute atomic E-state index is 14.0. The Balaban J connectivity index is 3.78. The van der Waals surface area contributed by atoms with Crippen molar-refractivity contribution in [3.8, 4) is 0 Å². The molecular formula is C11H6F16O3. The number of alkyl halides is 16. The molecule has 30 heavy (non-hydrogen) atoms. The van der Waals surface area contributed by atoms with E-state index in [9.17, 15) is 70.2 Å². The molecule has 0 bridgehead atoms. The third-order valence-electron chi connectivity index (χ3n) is 3.61. The predicted molar refractivity (Wildman–Crippen MR) is 57.2 cm³/mol. The topological polar surface area (TPSA) is 38.7 Å². The van der Waals surface area contributed by atoms with Crippen LogP contribution in [-0.2, 0) is 9.47 Å². The summed E-state index contributed by atoms with van der Waals surface area (Å²) in [4.78, 5) is 0. The zero-order chi connectivity index (χ0) is 24.6. The highest BCUT2D eigenvalue weighted by Gasteiger charge is 3.02. The summed E-state index contributed by atoms with van der Waals surface area (Å²) in [6.45, 7) is -0.698. The van der Waals surface area contributed by atoms with Crippen molar-refractivity contribution in [2.75, 3.05) is 0 Å². The summed E-state index contributed by atoms with van der Waals surface area (Å²) in [6, 6.07) is 0. The molecule has 2 atom stereocenters. The molecule has 1 saturated carbocycles. The maximum atomic E-state index is 14.0. The molecule has 0 aromatic heterocycles. The van der Waals surface area contributed by atoms with Crippen LogP contribution < -0.4 is 0 Å². The Morgan fingerprint density at radius 1 is 0.600 bits per heavy atom. The fraction of sp³-hybridized carbons (Fsp3) is 1.00. The van der Waals surface area contributed by atoms with Crippen molar-refractivity contribution in [2.24, 2.45) is 0 Å². The third-order valence-corrected chi connectivity index (χ3v) is 3.61. The van der Waals surface area contributed by atoms with Crippen molar-refractivity contribution in [1.82, 2.24) is 0 Å². The van der Waals surface area contributed by atoms with Crippen molar-refractivity contribution in [3.05, 3.63) is 0 Å². The normalized spacial score (nSPS) is 35.0. The van der Waals surface area contributed by atoms with Gasteiger partial charge in [0.1, 0.15) is 0 Å². The number of hydrogen-bond donors (Lipinski definition) is 1. The van der Waals surface area contributed by atoms with Gasteiger partial charge in [0.25, 0.3) is 18.6 Å². The zero-order valence-electron chi connectivity index (χ0n) is 13.5. The molecule has 1 aliphatic carbocycles. The smallest absolute Gasteiger partial charge is 0.332 e. The molecule has 1 aliphatic rings. The first-order valence-corrected chi connectivity index (χ1v) is 6.76. The lowest BCUT2D eigenvalue weighted by Gasteiger charge is -2.54. The first-order valence-electron chi connectivity index (χ1n) is 6.76. The monoisotopic (exact) mass is 490 g/mol. The lowest BCUT2D eigenvalue weighted by molar-refractivity contribution is -0.560. The molecule has 2 unspecified atom stereocenters. The molecule has 0 aliphatic heterocycles. The highest BCUT2D eigenvalue weighted by Crippen LogP contribution is 2.70. The van der Waals surface area contributed by atoms with E-state index in [2.05, 4.69) is 4.74 Å². The summed E-state index contributed by atoms with van der Waals surface area (Å²) >= 11 is 0. The van der Waals surface area contributed by atoms with Gasteiger partial charge >= 0.3 is 41.5 Å². The molecule has 19 heteroatoms. The molecule has 0 amide bonds. The Labute approximate surface area is 153 Å². The van der Waals surface area contributed by atoms with Crippen molar-refractivity contribution < 1.29 is 84.8 Å². The van der Waals surface area contributed by atoms with Crippen LogP contribution in [0.3, 0.4) is 0 Å². The summed E-state index contributed by atoms with van der Waals surface area (Å²) in [7, 11) is 0. The van der Waals surface area contributed by atoms with Crippen LogP contribution >= 0.6 is 0 Å². The van der Waals surface area contributed by atoms with E-state index < -0.39 is 67.1 Å². The Morgan fingerprint density at radius 2 is 0.833 bits per heavy atom. The molecule has 3 nitrogen and oxygen atoms in total. The number of ether oxygens (including phenoxy) is 2. The van der Waals surface area contributed by atoms with E-state index in [1.54, 1.807) is 0 Å². The minimum atomic E-state index is -7.84. The molecule has 0 spiro atoms. The van der Waals surface area contributed by atoms with Crippen molar-refractivity contribution >= 4 is 0 Å². The fourth-order valence-electron chi connectivity index (χ4n) is 1.96. The SMILES string of the molecule is CC(F)(F)C(F)OC1(F)C(F)(F)C(F)(F)C(F)(OC(F)C(O)(F)F)C(F)(F)C1(F)F. The van der Waals surface area contributed by atoms with Gasteiger partial charge in [-0.25, -0.2) is 17.6 Å². The van der Waals surface area contributed by atoms with Gasteiger partial charge in [0.2, 0.25) is 0 Å². The number of rotatable bonds is 6. The van der Waals surface area contributed by atoms with E-state index in [4.69, 9.17) is 5.11 Å². The van der Waals surface area contributed by atoms with Crippen LogP contribution in [0.15, 0.2) is 0 Å². The molecule has 0 heterocycles. The first-order chi connectivity index (χ1) is 12.8. The van der Waals surface area contributed by atoms with Crippen molar-refractivity contribution in [2.45, 2.75) is 67.1 Å². The second kappa shape index (κ2) is 6.63. The van der Waals surface area contributed by atoms with Crippen molar-refractivity contribution in [3.63, 3.8) is 0 Å². The van der Waals surface area contributed by atoms with Crippen LogP contribution in [0.2, 0.25) is 0 Å². The standard InChI is InChI=1S/C11H6F16O3/c1-4(14,15)2(12)29-10(26)6(18,19)8(22,23)11(27,9(24,25)7(10,20)21)30-3(13)5(16,17)28/h2-3,28H,1H3. The molecule has 180 valence electrons. The summed E-state index contributed by atoms with van der Waals surface area (Å²) in [5.41, 5.74) is 0. The van der Waals surface area contributed by atoms with Gasteiger partial charge in [-0.15, -0.1) is 0 Å². The average Bonchev–Trinajstić information content (AvgIpc) is 2.50. The van der Waals surface area contributed by atoms with Crippen LogP contribution in [0.4, 0.5) is 70.2 Å². The van der Waals surface area contributed by atoms with E-state index in [0.717, 1.165) is 0 Å². The quantitative estimate of drug-likeness (QED) is 0.548. The summed E-state index contributed by atoms with van der Waals surface area (Å²) in [5.74, 6) is -51.6. The largest absolute Gasteiger partial charge is 0.409 e. The maximum Gasteiger partial charge on any atom is 0.409 e. The molecule has 1 fully saturated rings. The van der Waals surface area contributed by atoms with Gasteiger partial charge in [-0.05, 0) is 0 Å². The van der Waals surface area contributed by atoms with E-state index in [1.807, 2.05) is 4.74 Å². The predicted octanol–water partition coefficient (Wildman–Crippen LogP) is 4.74. The zero-order valence-corrected chi connectivity index (χ0v) is 13.5. The van der Waals surface area contributed by atoms with E-state index >= 15 is 0 Å². The van der Waals surface area contributed by atoms with Crippen LogP contribution in [0.5, 0.6) is 0 Å². The third kappa shape index (κ3) is 3.18. The van der Waals surface area contributed by atoms with Gasteiger partial charge in [0.15, 0.2) is 0 Å². The van der Waals surface area contributed by atoms with Crippen LogP contribution in [-0.4, -0.2) is 65.3 Å². The van der Waals surface area contributed by atoms with Gasteiger partial charge < -0.3 is 5.11 Å². The molecular weight excluding hydrogens is 484 g/mol. The number of aliphatic hydroxyl groups is 1. The molecule has 1 N–H and O–H groups in total. The minimum Gasteiger partial charge on any atom is -0.332 e. The summed E-state index contributed by atoms with van der Waals surface area (Å²) in [5, 5.41) is 7.75. The first kappa shape index (κ1) is 26.8. The highest BCUT2D eigenvalue weighted by atomic mass is 19.4. The van der Waals surface area contributed by atoms with Crippen LogP contribution in [0, 0.1) is 0 Å². The Morgan fingerprint density at radius 3 is 1.03 bits per heavy atom. The van der Waals surface area contributed by atoms with Gasteiger partial charge in [-0.1, -0.05) is 0 Å². The Hall–Kier alpha value is -1.24. The average molecular weight is 490 g/mol. The van der Waals surface area contributed by atoms with Crippen LogP contribution in [0.1, 0.15) is 6.92 Å². The lowest BCUT2D eigenvalue weighted by Crippen LogP contribution is -2.86. The Bertz CT molecular complexity index is 568. The van der Waals surface area contributed by atoms with Gasteiger partial charge in [-0.3, -0.25) is 9.47 Å². The van der Waals surface area contributed by atoms with Gasteiger partial charge in [0, 0.05) is 6.92 Å². The highest BCUT2D eigenvalue weighted by molar-refractivity contribution is 5.24. The summed E-state index contributed by atoms with van der Waals surface area (Å²) < 4.78 is 217. The van der Waals surface area contributed by atoms with E-state index in [1.165, 1.54) is 0 Å². The molecule has 0 saturated heterocycles. The van der Waals surface area contributed by atoms with Crippen LogP contribution in [0.25, 0.3) is 0 Å². The lowest BCUT2D eigenvalue weighted by atomic mass is 9.77. The molecule has 1 rings (SSSR count). The second-order valence-electron chi connectivity index (χ2n) is 5.90. The number of halogens is 16. The van der Waals surface area contributed by atoms with Crippen molar-refractivity contribution in [1.29, 1.82) is 0 Å². The van der Waals surface area contributed by atoms with E-state index in [-0.39, 0.29) is 0 Å². The minimum absolute atomic E-state index is 0.698. The molecule has 0 aromatic carbocycles. The molecule has 0 radical (unpaired) electrons. The number of hydrogen-bond acceptors (Lipinski definition) is 3. The Kier molecular flexibility index (Phi) is 5.92. The van der Waals surface area contributed by atoms with Gasteiger partial charge in [-0.2, -0.15) is 52.7 Å². The molecule has 0 aromatic rings. The second-order valence-corrected chi connectivity index (χ2v) is 5.90. The van der Waals surface area contributed by atoms with Gasteiger partial charge in [0.05, 0.1) is 0 Å². The summed E-state index contributed by atoms with van der Waals surface area (Å²) in [6.07, 6.45) is -16.7. The van der Waals surface area contributed by atoms with E-state index in [0.29, 0.717) is 0 Å². The fourth-order valence-corrected chi connectivity index (χ4v) is 1.96.